The van der Waals surface area contributed by atoms with Crippen LogP contribution < -0.4 is 4.74 Å². The first kappa shape index (κ1) is 10.6. The Balaban J connectivity index is 2.30. The van der Waals surface area contributed by atoms with Crippen LogP contribution in [0, 0.1) is 0 Å². The number of aromatic hydroxyl groups is 1. The maximum atomic E-state index is 9.61. The van der Waals surface area contributed by atoms with Crippen LogP contribution in [0.4, 0.5) is 0 Å². The highest BCUT2D eigenvalue weighted by Gasteiger charge is 2.05. The van der Waals surface area contributed by atoms with Crippen molar-refractivity contribution in [1.29, 1.82) is 0 Å². The zero-order valence-electron chi connectivity index (χ0n) is 9.18. The van der Waals surface area contributed by atoms with Crippen LogP contribution in [0.3, 0.4) is 0 Å². The van der Waals surface area contributed by atoms with E-state index in [2.05, 4.69) is 6.92 Å². The van der Waals surface area contributed by atoms with Gasteiger partial charge in [0.25, 0.3) is 0 Å². The number of phenolic OH excluding ortho intramolecular Hbond substituents is 1. The Morgan fingerprint density at radius 1 is 0.938 bits per heavy atom. The van der Waals surface area contributed by atoms with Crippen LogP contribution >= 0.6 is 0 Å². The molecule has 1 N–H and O–H groups in total. The van der Waals surface area contributed by atoms with Crippen LogP contribution in [0.1, 0.15) is 12.5 Å². The normalized spacial score (nSPS) is 10.1. The Morgan fingerprint density at radius 3 is 2.25 bits per heavy atom. The van der Waals surface area contributed by atoms with Gasteiger partial charge in [-0.3, -0.25) is 0 Å². The quantitative estimate of drug-likeness (QED) is 0.843. The molecule has 0 saturated heterocycles. The summed E-state index contributed by atoms with van der Waals surface area (Å²) < 4.78 is 5.68. The summed E-state index contributed by atoms with van der Waals surface area (Å²) in [5.74, 6) is 1.45. The lowest BCUT2D eigenvalue weighted by atomic mass is 10.1. The van der Waals surface area contributed by atoms with Gasteiger partial charge in [0.05, 0.1) is 0 Å². The Bertz CT molecular complexity index is 478. The van der Waals surface area contributed by atoms with E-state index >= 15 is 0 Å². The summed E-state index contributed by atoms with van der Waals surface area (Å²) in [6.07, 6.45) is 0.907. The first-order chi connectivity index (χ1) is 7.81. The van der Waals surface area contributed by atoms with Gasteiger partial charge in [-0.2, -0.15) is 0 Å². The third kappa shape index (κ3) is 2.16. The van der Waals surface area contributed by atoms with Gasteiger partial charge in [-0.05, 0) is 30.2 Å². The van der Waals surface area contributed by atoms with Crippen LogP contribution in [0.2, 0.25) is 0 Å². The first-order valence-corrected chi connectivity index (χ1v) is 5.35. The third-order valence-corrected chi connectivity index (χ3v) is 2.44. The lowest BCUT2D eigenvalue weighted by molar-refractivity contribution is 0.409. The topological polar surface area (TPSA) is 29.5 Å². The number of para-hydroxylation sites is 3. The van der Waals surface area contributed by atoms with E-state index < -0.39 is 0 Å². The average molecular weight is 214 g/mol. The number of rotatable bonds is 3. The van der Waals surface area contributed by atoms with Crippen molar-refractivity contribution in [2.45, 2.75) is 13.3 Å². The minimum atomic E-state index is 0.161. The third-order valence-electron chi connectivity index (χ3n) is 2.44. The van der Waals surface area contributed by atoms with E-state index in [1.165, 1.54) is 0 Å². The lowest BCUT2D eigenvalue weighted by Crippen LogP contribution is -1.90. The van der Waals surface area contributed by atoms with Crippen molar-refractivity contribution in [3.05, 3.63) is 54.1 Å². The number of hydrogen-bond donors (Lipinski definition) is 1. The van der Waals surface area contributed by atoms with Gasteiger partial charge in [0.1, 0.15) is 5.75 Å². The Hall–Kier alpha value is -1.96. The highest BCUT2D eigenvalue weighted by molar-refractivity contribution is 5.43. The van der Waals surface area contributed by atoms with Gasteiger partial charge < -0.3 is 9.84 Å². The molecular formula is C14H14O2. The lowest BCUT2D eigenvalue weighted by Gasteiger charge is -2.10. The molecule has 0 heterocycles. The van der Waals surface area contributed by atoms with Crippen molar-refractivity contribution < 1.29 is 9.84 Å². The second-order valence-corrected chi connectivity index (χ2v) is 3.53. The van der Waals surface area contributed by atoms with Crippen LogP contribution in [0.15, 0.2) is 48.5 Å². The molecule has 0 bridgehead atoms. The fourth-order valence-electron chi connectivity index (χ4n) is 1.56. The molecule has 0 spiro atoms. The van der Waals surface area contributed by atoms with E-state index in [1.54, 1.807) is 18.2 Å². The Morgan fingerprint density at radius 2 is 1.56 bits per heavy atom. The van der Waals surface area contributed by atoms with Gasteiger partial charge in [0, 0.05) is 0 Å². The summed E-state index contributed by atoms with van der Waals surface area (Å²) >= 11 is 0. The molecule has 16 heavy (non-hydrogen) atoms. The van der Waals surface area contributed by atoms with Crippen molar-refractivity contribution in [3.63, 3.8) is 0 Å². The maximum absolute atomic E-state index is 9.61. The summed E-state index contributed by atoms with van der Waals surface area (Å²) in [6.45, 7) is 2.08. The monoisotopic (exact) mass is 214 g/mol. The predicted octanol–water partition coefficient (Wildman–Crippen LogP) is 3.75. The largest absolute Gasteiger partial charge is 0.504 e. The van der Waals surface area contributed by atoms with Gasteiger partial charge in [0.2, 0.25) is 0 Å². The van der Waals surface area contributed by atoms with Crippen molar-refractivity contribution >= 4 is 0 Å². The second-order valence-electron chi connectivity index (χ2n) is 3.53. The van der Waals surface area contributed by atoms with E-state index in [4.69, 9.17) is 4.74 Å². The molecule has 2 nitrogen and oxygen atoms in total. The molecule has 2 rings (SSSR count). The summed E-state index contributed by atoms with van der Waals surface area (Å²) in [5, 5.41) is 9.61. The van der Waals surface area contributed by atoms with Crippen molar-refractivity contribution in [2.75, 3.05) is 0 Å². The highest BCUT2D eigenvalue weighted by Crippen LogP contribution is 2.31. The summed E-state index contributed by atoms with van der Waals surface area (Å²) in [6, 6.07) is 14.8. The molecule has 0 aromatic heterocycles. The molecule has 0 aliphatic carbocycles. The molecule has 2 heteroatoms. The summed E-state index contributed by atoms with van der Waals surface area (Å²) in [7, 11) is 0. The van der Waals surface area contributed by atoms with Gasteiger partial charge in [-0.1, -0.05) is 37.3 Å². The number of ether oxygens (including phenoxy) is 1. The predicted molar refractivity (Wildman–Crippen MR) is 64.0 cm³/mol. The fraction of sp³-hybridized carbons (Fsp3) is 0.143. The van der Waals surface area contributed by atoms with E-state index in [1.807, 2.05) is 30.3 Å². The highest BCUT2D eigenvalue weighted by atomic mass is 16.5. The average Bonchev–Trinajstić information content (AvgIpc) is 2.33. The second kappa shape index (κ2) is 4.71. The van der Waals surface area contributed by atoms with Crippen LogP contribution in [-0.2, 0) is 6.42 Å². The standard InChI is InChI=1S/C14H14O2/c1-2-11-7-3-5-9-13(11)16-14-10-6-4-8-12(14)15/h3-10,15H,2H2,1H3. The Labute approximate surface area is 95.1 Å². The number of aryl methyl sites for hydroxylation is 1. The van der Waals surface area contributed by atoms with Gasteiger partial charge in [-0.25, -0.2) is 0 Å². The van der Waals surface area contributed by atoms with E-state index in [9.17, 15) is 5.11 Å². The molecule has 0 amide bonds. The summed E-state index contributed by atoms with van der Waals surface area (Å²) in [4.78, 5) is 0. The van der Waals surface area contributed by atoms with Crippen molar-refractivity contribution in [1.82, 2.24) is 0 Å². The molecule has 0 aliphatic rings. The van der Waals surface area contributed by atoms with Crippen LogP contribution in [-0.4, -0.2) is 5.11 Å². The van der Waals surface area contributed by atoms with Gasteiger partial charge in [-0.15, -0.1) is 0 Å². The molecule has 2 aromatic carbocycles. The van der Waals surface area contributed by atoms with Crippen molar-refractivity contribution in [3.8, 4) is 17.2 Å². The molecule has 0 fully saturated rings. The molecule has 0 radical (unpaired) electrons. The Kier molecular flexibility index (Phi) is 3.10. The SMILES string of the molecule is CCc1ccccc1Oc1ccccc1O. The molecule has 2 aromatic rings. The van der Waals surface area contributed by atoms with E-state index in [0.717, 1.165) is 17.7 Å². The maximum Gasteiger partial charge on any atom is 0.169 e. The van der Waals surface area contributed by atoms with Crippen LogP contribution in [0.25, 0.3) is 0 Å². The smallest absolute Gasteiger partial charge is 0.169 e. The minimum Gasteiger partial charge on any atom is -0.504 e. The molecule has 82 valence electrons. The number of hydrogen-bond acceptors (Lipinski definition) is 2. The number of benzene rings is 2. The molecule has 0 aliphatic heterocycles. The zero-order valence-corrected chi connectivity index (χ0v) is 9.18. The van der Waals surface area contributed by atoms with Gasteiger partial charge >= 0.3 is 0 Å². The summed E-state index contributed by atoms with van der Waals surface area (Å²) in [5.41, 5.74) is 1.13. The van der Waals surface area contributed by atoms with E-state index in [0.29, 0.717) is 5.75 Å². The zero-order chi connectivity index (χ0) is 11.4. The molecule has 0 atom stereocenters. The fourth-order valence-corrected chi connectivity index (χ4v) is 1.56. The van der Waals surface area contributed by atoms with Gasteiger partial charge in [0.15, 0.2) is 11.5 Å². The van der Waals surface area contributed by atoms with E-state index in [-0.39, 0.29) is 5.75 Å². The number of phenols is 1. The first-order valence-electron chi connectivity index (χ1n) is 5.35. The minimum absolute atomic E-state index is 0.161. The van der Waals surface area contributed by atoms with Crippen LogP contribution in [0.5, 0.6) is 17.2 Å². The molecular weight excluding hydrogens is 200 g/mol. The van der Waals surface area contributed by atoms with Crippen molar-refractivity contribution in [2.24, 2.45) is 0 Å². The molecule has 0 unspecified atom stereocenters. The molecule has 0 saturated carbocycles.